The van der Waals surface area contributed by atoms with E-state index in [0.717, 1.165) is 23.8 Å². The minimum Gasteiger partial charge on any atom is -0.490 e. The van der Waals surface area contributed by atoms with Crippen molar-refractivity contribution < 1.29 is 28.6 Å². The van der Waals surface area contributed by atoms with E-state index >= 15 is 0 Å². The highest BCUT2D eigenvalue weighted by Gasteiger charge is 2.18. The van der Waals surface area contributed by atoms with E-state index in [4.69, 9.17) is 37.8 Å². The molecule has 0 unspecified atom stereocenters. The summed E-state index contributed by atoms with van der Waals surface area (Å²) in [5.74, 6) is -2.16. The van der Waals surface area contributed by atoms with Crippen molar-refractivity contribution in [1.82, 2.24) is 4.98 Å². The second-order valence-corrected chi connectivity index (χ2v) is 9.68. The molecule has 11 heteroatoms. The Kier molecular flexibility index (Phi) is 9.31. The molecule has 190 valence electrons. The Bertz CT molecular complexity index is 1290. The highest BCUT2D eigenvalue weighted by molar-refractivity contribution is 7.14. The number of carbonyl (C=O) groups excluding carboxylic acids is 1. The van der Waals surface area contributed by atoms with Crippen LogP contribution < -0.4 is 10.1 Å². The number of carboxylic acids is 1. The van der Waals surface area contributed by atoms with Crippen molar-refractivity contribution in [2.75, 3.05) is 19.0 Å². The predicted octanol–water partition coefficient (Wildman–Crippen LogP) is 7.01. The fourth-order valence-electron chi connectivity index (χ4n) is 3.04. The lowest BCUT2D eigenvalue weighted by molar-refractivity contribution is -0.135. The number of carboxylic acid groups (broad SMARTS) is 1. The van der Waals surface area contributed by atoms with E-state index in [1.807, 2.05) is 0 Å². The first-order valence-electron chi connectivity index (χ1n) is 10.8. The number of nitrogens with one attached hydrogen (secondary N) is 1. The summed E-state index contributed by atoms with van der Waals surface area (Å²) in [5.41, 5.74) is 0.916. The van der Waals surface area contributed by atoms with Crippen molar-refractivity contribution in [2.45, 2.75) is 20.3 Å². The summed E-state index contributed by atoms with van der Waals surface area (Å²) < 4.78 is 25.4. The molecule has 3 rings (SSSR count). The molecule has 0 atom stereocenters. The molecule has 0 spiro atoms. The largest absolute Gasteiger partial charge is 0.490 e. The van der Waals surface area contributed by atoms with Crippen LogP contribution >= 0.6 is 34.5 Å². The van der Waals surface area contributed by atoms with Gasteiger partial charge in [0.1, 0.15) is 0 Å². The smallest absolute Gasteiger partial charge is 0.371 e. The highest BCUT2D eigenvalue weighted by Crippen LogP contribution is 2.33. The SMILES string of the molecule is CO/C(=C\c1c(Cl)cc(C(=O)Nc2nc(-c3cccc(OCCC(C)C)c3F)cs2)cc1Cl)C(=O)O. The van der Waals surface area contributed by atoms with Gasteiger partial charge in [0.05, 0.1) is 29.5 Å². The first-order chi connectivity index (χ1) is 17.1. The van der Waals surface area contributed by atoms with Gasteiger partial charge in [0.15, 0.2) is 16.7 Å². The van der Waals surface area contributed by atoms with Gasteiger partial charge in [-0.2, -0.15) is 0 Å². The first-order valence-corrected chi connectivity index (χ1v) is 12.4. The third-order valence-corrected chi connectivity index (χ3v) is 6.35. The third kappa shape index (κ3) is 6.75. The second kappa shape index (κ2) is 12.2. The minimum absolute atomic E-state index is 0.0552. The maximum Gasteiger partial charge on any atom is 0.371 e. The zero-order valence-electron chi connectivity index (χ0n) is 19.6. The van der Waals surface area contributed by atoms with Crippen LogP contribution in [0.15, 0.2) is 41.5 Å². The van der Waals surface area contributed by atoms with Crippen molar-refractivity contribution in [1.29, 1.82) is 0 Å². The van der Waals surface area contributed by atoms with Crippen LogP contribution in [-0.4, -0.2) is 35.7 Å². The lowest BCUT2D eigenvalue weighted by atomic mass is 10.1. The predicted molar refractivity (Wildman–Crippen MR) is 139 cm³/mol. The van der Waals surface area contributed by atoms with E-state index in [0.29, 0.717) is 18.2 Å². The molecule has 0 saturated carbocycles. The van der Waals surface area contributed by atoms with Crippen molar-refractivity contribution in [3.05, 3.63) is 68.5 Å². The summed E-state index contributed by atoms with van der Waals surface area (Å²) in [6.45, 7) is 4.52. The molecule has 0 aliphatic carbocycles. The van der Waals surface area contributed by atoms with E-state index < -0.39 is 17.7 Å². The van der Waals surface area contributed by atoms with Gasteiger partial charge in [-0.05, 0) is 42.7 Å². The summed E-state index contributed by atoms with van der Waals surface area (Å²) >= 11 is 13.6. The number of hydrogen-bond acceptors (Lipinski definition) is 6. The Balaban J connectivity index is 1.78. The Morgan fingerprint density at radius 3 is 2.56 bits per heavy atom. The molecule has 2 aromatic carbocycles. The zero-order chi connectivity index (χ0) is 26.4. The summed E-state index contributed by atoms with van der Waals surface area (Å²) in [6, 6.07) is 7.51. The first kappa shape index (κ1) is 27.4. The molecule has 0 saturated heterocycles. The maximum atomic E-state index is 15.0. The van der Waals surface area contributed by atoms with Crippen molar-refractivity contribution in [3.63, 3.8) is 0 Å². The summed E-state index contributed by atoms with van der Waals surface area (Å²) in [5, 5.41) is 13.7. The number of thiazole rings is 1. The Hall–Kier alpha value is -3.14. The van der Waals surface area contributed by atoms with Gasteiger partial charge in [-0.3, -0.25) is 10.1 Å². The number of nitrogens with zero attached hydrogens (tertiary/aromatic N) is 1. The van der Waals surface area contributed by atoms with Crippen LogP contribution in [0.5, 0.6) is 5.75 Å². The van der Waals surface area contributed by atoms with Crippen LogP contribution in [0.2, 0.25) is 10.0 Å². The van der Waals surface area contributed by atoms with Crippen molar-refractivity contribution >= 4 is 57.6 Å². The van der Waals surface area contributed by atoms with Crippen LogP contribution in [-0.2, 0) is 9.53 Å². The lowest BCUT2D eigenvalue weighted by Crippen LogP contribution is -2.12. The van der Waals surface area contributed by atoms with Crippen LogP contribution in [0.4, 0.5) is 9.52 Å². The Labute approximate surface area is 221 Å². The topological polar surface area (TPSA) is 97.8 Å². The lowest BCUT2D eigenvalue weighted by Gasteiger charge is -2.10. The number of ether oxygens (including phenoxy) is 2. The standard InChI is InChI=1S/C25H23Cl2FN2O5S/c1-13(2)7-8-35-20-6-4-5-15(22(20)28)19-12-36-25(29-19)30-23(31)14-9-17(26)16(18(27)10-14)11-21(34-3)24(32)33/h4-6,9-13H,7-8H2,1-3H3,(H,32,33)(H,29,30,31)/b21-11-. The van der Waals surface area contributed by atoms with E-state index in [-0.39, 0.29) is 43.4 Å². The Morgan fingerprint density at radius 2 is 1.94 bits per heavy atom. The molecule has 0 fully saturated rings. The molecule has 1 heterocycles. The van der Waals surface area contributed by atoms with E-state index in [1.165, 1.54) is 19.2 Å². The van der Waals surface area contributed by atoms with Crippen molar-refractivity contribution in [2.24, 2.45) is 5.92 Å². The van der Waals surface area contributed by atoms with E-state index in [9.17, 15) is 14.0 Å². The molecular formula is C25H23Cl2FN2O5S. The maximum absolute atomic E-state index is 15.0. The zero-order valence-corrected chi connectivity index (χ0v) is 21.9. The quantitative estimate of drug-likeness (QED) is 0.207. The van der Waals surface area contributed by atoms with E-state index in [2.05, 4.69) is 24.1 Å². The van der Waals surface area contributed by atoms with Crippen LogP contribution in [0.1, 0.15) is 36.2 Å². The molecule has 3 aromatic rings. The number of methoxy groups -OCH3 is 1. The number of amides is 1. The van der Waals surface area contributed by atoms with Gasteiger partial charge in [0.2, 0.25) is 5.76 Å². The minimum atomic E-state index is -1.30. The number of benzene rings is 2. The molecule has 2 N–H and O–H groups in total. The van der Waals surface area contributed by atoms with Crippen LogP contribution in [0, 0.1) is 11.7 Å². The number of hydrogen-bond donors (Lipinski definition) is 2. The number of carbonyl (C=O) groups is 2. The van der Waals surface area contributed by atoms with Gasteiger partial charge in [-0.25, -0.2) is 14.2 Å². The third-order valence-electron chi connectivity index (χ3n) is 4.96. The van der Waals surface area contributed by atoms with Gasteiger partial charge in [0, 0.05) is 22.1 Å². The fraction of sp³-hybridized carbons (Fsp3) is 0.240. The van der Waals surface area contributed by atoms with Gasteiger partial charge < -0.3 is 14.6 Å². The summed E-state index contributed by atoms with van der Waals surface area (Å²) in [4.78, 5) is 28.3. The van der Waals surface area contributed by atoms with Gasteiger partial charge in [-0.1, -0.05) is 43.1 Å². The van der Waals surface area contributed by atoms with Crippen LogP contribution in [0.25, 0.3) is 17.3 Å². The number of aliphatic carboxylic acids is 1. The second-order valence-electron chi connectivity index (χ2n) is 8.01. The molecule has 0 aliphatic heterocycles. The number of aromatic nitrogens is 1. The van der Waals surface area contributed by atoms with Gasteiger partial charge in [-0.15, -0.1) is 11.3 Å². The molecular weight excluding hydrogens is 530 g/mol. The molecule has 0 aliphatic rings. The summed E-state index contributed by atoms with van der Waals surface area (Å²) in [7, 11) is 1.20. The molecule has 7 nitrogen and oxygen atoms in total. The fourth-order valence-corrected chi connectivity index (χ4v) is 4.34. The van der Waals surface area contributed by atoms with Crippen LogP contribution in [0.3, 0.4) is 0 Å². The Morgan fingerprint density at radius 1 is 1.25 bits per heavy atom. The van der Waals surface area contributed by atoms with Gasteiger partial charge in [0.25, 0.3) is 5.91 Å². The molecule has 0 radical (unpaired) electrons. The molecule has 1 amide bonds. The normalized spacial score (nSPS) is 11.5. The van der Waals surface area contributed by atoms with E-state index in [1.54, 1.807) is 23.6 Å². The highest BCUT2D eigenvalue weighted by atomic mass is 35.5. The average Bonchev–Trinajstić information content (AvgIpc) is 3.27. The monoisotopic (exact) mass is 552 g/mol. The molecule has 0 bridgehead atoms. The van der Waals surface area contributed by atoms with Crippen molar-refractivity contribution in [3.8, 4) is 17.0 Å². The number of rotatable bonds is 10. The average molecular weight is 553 g/mol. The molecule has 1 aromatic heterocycles. The van der Waals surface area contributed by atoms with Gasteiger partial charge >= 0.3 is 5.97 Å². The molecule has 36 heavy (non-hydrogen) atoms. The number of halogens is 3. The number of anilines is 1. The summed E-state index contributed by atoms with van der Waals surface area (Å²) in [6.07, 6.45) is 1.96.